The predicted octanol–water partition coefficient (Wildman–Crippen LogP) is 4.37. The number of rotatable bonds is 0. The Bertz CT molecular complexity index is 525. The summed E-state index contributed by atoms with van der Waals surface area (Å²) in [7, 11) is 0. The molecular formula is C12H7ClNS. The first-order valence-electron chi connectivity index (χ1n) is 4.61. The summed E-state index contributed by atoms with van der Waals surface area (Å²) in [6, 6.07) is 14.0. The van der Waals surface area contributed by atoms with Crippen LogP contribution >= 0.6 is 23.4 Å². The molecule has 1 aliphatic rings. The van der Waals surface area contributed by atoms with E-state index in [2.05, 4.69) is 11.4 Å². The summed E-state index contributed by atoms with van der Waals surface area (Å²) < 4.78 is 0. The van der Waals surface area contributed by atoms with Crippen LogP contribution in [0.1, 0.15) is 0 Å². The van der Waals surface area contributed by atoms with Crippen molar-refractivity contribution in [2.45, 2.75) is 9.79 Å². The van der Waals surface area contributed by atoms with Crippen molar-refractivity contribution >= 4 is 34.7 Å². The van der Waals surface area contributed by atoms with Crippen LogP contribution in [0.4, 0.5) is 11.4 Å². The normalized spacial score (nSPS) is 12.6. The van der Waals surface area contributed by atoms with Gasteiger partial charge in [-0.15, -0.1) is 0 Å². The van der Waals surface area contributed by atoms with E-state index in [-0.39, 0.29) is 0 Å². The minimum Gasteiger partial charge on any atom is -0.247 e. The predicted molar refractivity (Wildman–Crippen MR) is 63.5 cm³/mol. The van der Waals surface area contributed by atoms with Crippen LogP contribution in [0.2, 0.25) is 5.02 Å². The molecule has 0 aliphatic carbocycles. The number of halogens is 1. The second-order valence-electron chi connectivity index (χ2n) is 3.29. The lowest BCUT2D eigenvalue weighted by atomic mass is 10.2. The van der Waals surface area contributed by atoms with Gasteiger partial charge in [0.2, 0.25) is 0 Å². The van der Waals surface area contributed by atoms with Crippen LogP contribution in [0.15, 0.2) is 52.3 Å². The lowest BCUT2D eigenvalue weighted by Crippen LogP contribution is -1.97. The van der Waals surface area contributed by atoms with Gasteiger partial charge in [0.05, 0.1) is 11.4 Å². The highest BCUT2D eigenvalue weighted by Gasteiger charge is 2.16. The highest BCUT2D eigenvalue weighted by Crippen LogP contribution is 2.44. The van der Waals surface area contributed by atoms with Crippen molar-refractivity contribution < 1.29 is 0 Å². The van der Waals surface area contributed by atoms with Crippen molar-refractivity contribution in [2.75, 3.05) is 0 Å². The van der Waals surface area contributed by atoms with Gasteiger partial charge in [-0.2, -0.15) is 0 Å². The molecule has 0 spiro atoms. The quantitative estimate of drug-likeness (QED) is 0.561. The molecule has 0 fully saturated rings. The smallest absolute Gasteiger partial charge is 0.0791 e. The van der Waals surface area contributed by atoms with Crippen LogP contribution < -0.4 is 5.32 Å². The van der Waals surface area contributed by atoms with E-state index in [1.165, 1.54) is 4.90 Å². The first kappa shape index (κ1) is 9.13. The van der Waals surface area contributed by atoms with Gasteiger partial charge < -0.3 is 0 Å². The highest BCUT2D eigenvalue weighted by atomic mass is 35.5. The van der Waals surface area contributed by atoms with Crippen LogP contribution in [-0.4, -0.2) is 0 Å². The molecule has 2 aromatic carbocycles. The molecular weight excluding hydrogens is 226 g/mol. The minimum atomic E-state index is 0.734. The van der Waals surface area contributed by atoms with Crippen molar-refractivity contribution in [1.29, 1.82) is 0 Å². The number of fused-ring (bicyclic) bond motifs is 2. The summed E-state index contributed by atoms with van der Waals surface area (Å²) in [6.45, 7) is 0. The molecule has 0 bridgehead atoms. The molecule has 1 heterocycles. The van der Waals surface area contributed by atoms with Crippen LogP contribution in [0.3, 0.4) is 0 Å². The van der Waals surface area contributed by atoms with Crippen molar-refractivity contribution in [3.05, 3.63) is 47.5 Å². The molecule has 0 saturated carbocycles. The lowest BCUT2D eigenvalue weighted by Gasteiger charge is -2.18. The third kappa shape index (κ3) is 1.60. The molecule has 0 amide bonds. The molecule has 0 saturated heterocycles. The van der Waals surface area contributed by atoms with Crippen LogP contribution in [-0.2, 0) is 0 Å². The van der Waals surface area contributed by atoms with Gasteiger partial charge in [-0.1, -0.05) is 35.5 Å². The molecule has 3 heteroatoms. The zero-order chi connectivity index (χ0) is 10.3. The van der Waals surface area contributed by atoms with Gasteiger partial charge in [0.25, 0.3) is 0 Å². The topological polar surface area (TPSA) is 14.1 Å². The van der Waals surface area contributed by atoms with Gasteiger partial charge in [0.15, 0.2) is 0 Å². The Morgan fingerprint density at radius 3 is 2.67 bits per heavy atom. The molecule has 15 heavy (non-hydrogen) atoms. The van der Waals surface area contributed by atoms with E-state index in [0.29, 0.717) is 0 Å². The SMILES string of the molecule is Clc1ccc2c(c1)[N]c1ccccc1S2. The number of para-hydroxylation sites is 1. The lowest BCUT2D eigenvalue weighted by molar-refractivity contribution is 1.08. The fraction of sp³-hybridized carbons (Fsp3) is 0. The standard InChI is InChI=1S/C12H7ClNS/c13-8-5-6-12-10(7-8)14-9-3-1-2-4-11(9)15-12/h1-7H. The third-order valence-electron chi connectivity index (χ3n) is 2.25. The molecule has 0 atom stereocenters. The second kappa shape index (κ2) is 3.47. The number of hydrogen-bond acceptors (Lipinski definition) is 1. The summed E-state index contributed by atoms with van der Waals surface area (Å²) in [5.41, 5.74) is 1.99. The minimum absolute atomic E-state index is 0.734. The summed E-state index contributed by atoms with van der Waals surface area (Å²) >= 11 is 7.67. The summed E-state index contributed by atoms with van der Waals surface area (Å²) in [5.74, 6) is 0. The molecule has 3 rings (SSSR count). The molecule has 2 aromatic rings. The van der Waals surface area contributed by atoms with Crippen molar-refractivity contribution in [1.82, 2.24) is 5.32 Å². The molecule has 1 nitrogen and oxygen atoms in total. The summed E-state index contributed by atoms with van der Waals surface area (Å²) in [6.07, 6.45) is 0. The fourth-order valence-corrected chi connectivity index (χ4v) is 2.66. The molecule has 0 N–H and O–H groups in total. The van der Waals surface area contributed by atoms with E-state index in [9.17, 15) is 0 Å². The third-order valence-corrected chi connectivity index (χ3v) is 3.61. The Morgan fingerprint density at radius 1 is 0.933 bits per heavy atom. The maximum atomic E-state index is 5.93. The number of benzene rings is 2. The molecule has 1 radical (unpaired) electrons. The van der Waals surface area contributed by atoms with Gasteiger partial charge in [0, 0.05) is 14.8 Å². The van der Waals surface area contributed by atoms with E-state index in [0.717, 1.165) is 21.3 Å². The van der Waals surface area contributed by atoms with Gasteiger partial charge in [-0.05, 0) is 30.3 Å². The van der Waals surface area contributed by atoms with E-state index in [4.69, 9.17) is 11.6 Å². The van der Waals surface area contributed by atoms with Crippen molar-refractivity contribution in [3.63, 3.8) is 0 Å². The Morgan fingerprint density at radius 2 is 1.73 bits per heavy atom. The second-order valence-corrected chi connectivity index (χ2v) is 4.81. The van der Waals surface area contributed by atoms with Gasteiger partial charge in [0.1, 0.15) is 0 Å². The average molecular weight is 233 g/mol. The largest absolute Gasteiger partial charge is 0.247 e. The first-order chi connectivity index (χ1) is 7.33. The molecule has 0 unspecified atom stereocenters. The Balaban J connectivity index is 2.11. The maximum Gasteiger partial charge on any atom is 0.0791 e. The van der Waals surface area contributed by atoms with Gasteiger partial charge in [-0.25, -0.2) is 5.32 Å². The van der Waals surface area contributed by atoms with E-state index < -0.39 is 0 Å². The fourth-order valence-electron chi connectivity index (χ4n) is 1.55. The average Bonchev–Trinajstić information content (AvgIpc) is 2.26. The highest BCUT2D eigenvalue weighted by molar-refractivity contribution is 7.99. The Labute approximate surface area is 97.5 Å². The monoisotopic (exact) mass is 232 g/mol. The zero-order valence-corrected chi connectivity index (χ0v) is 9.35. The van der Waals surface area contributed by atoms with Gasteiger partial charge >= 0.3 is 0 Å². The first-order valence-corrected chi connectivity index (χ1v) is 5.80. The summed E-state index contributed by atoms with van der Waals surface area (Å²) in [4.78, 5) is 2.37. The van der Waals surface area contributed by atoms with Crippen molar-refractivity contribution in [3.8, 4) is 0 Å². The molecule has 73 valence electrons. The molecule has 0 aromatic heterocycles. The Hall–Kier alpha value is -1.12. The Kier molecular flexibility index (Phi) is 2.11. The van der Waals surface area contributed by atoms with Crippen LogP contribution in [0.5, 0.6) is 0 Å². The zero-order valence-electron chi connectivity index (χ0n) is 7.77. The van der Waals surface area contributed by atoms with Gasteiger partial charge in [-0.3, -0.25) is 0 Å². The van der Waals surface area contributed by atoms with Crippen LogP contribution in [0, 0.1) is 0 Å². The molecule has 1 aliphatic heterocycles. The summed E-state index contributed by atoms with van der Waals surface area (Å²) in [5, 5.41) is 5.30. The van der Waals surface area contributed by atoms with E-state index in [1.807, 2.05) is 36.4 Å². The number of hydrogen-bond donors (Lipinski definition) is 0. The van der Waals surface area contributed by atoms with E-state index in [1.54, 1.807) is 11.8 Å². The number of nitrogens with zero attached hydrogens (tertiary/aromatic N) is 1. The van der Waals surface area contributed by atoms with Crippen LogP contribution in [0.25, 0.3) is 0 Å². The maximum absolute atomic E-state index is 5.93. The van der Waals surface area contributed by atoms with Crippen molar-refractivity contribution in [2.24, 2.45) is 0 Å². The van der Waals surface area contributed by atoms with E-state index >= 15 is 0 Å².